The molecule has 104 valence electrons. The summed E-state index contributed by atoms with van der Waals surface area (Å²) in [6.45, 7) is 3.83. The van der Waals surface area contributed by atoms with Crippen molar-refractivity contribution in [3.63, 3.8) is 0 Å². The summed E-state index contributed by atoms with van der Waals surface area (Å²) < 4.78 is 4.57. The van der Waals surface area contributed by atoms with Crippen molar-refractivity contribution in [2.75, 3.05) is 19.0 Å². The van der Waals surface area contributed by atoms with Crippen molar-refractivity contribution in [1.29, 1.82) is 0 Å². The second-order valence-electron chi connectivity index (χ2n) is 4.79. The summed E-state index contributed by atoms with van der Waals surface area (Å²) >= 11 is 0. The van der Waals surface area contributed by atoms with E-state index in [1.165, 1.54) is 13.3 Å². The van der Waals surface area contributed by atoms with Gasteiger partial charge in [0, 0.05) is 18.4 Å². The van der Waals surface area contributed by atoms with Gasteiger partial charge in [0.1, 0.15) is 5.69 Å². The molecule has 1 heterocycles. The average Bonchev–Trinajstić information content (AvgIpc) is 2.37. The van der Waals surface area contributed by atoms with Gasteiger partial charge in [0.15, 0.2) is 0 Å². The van der Waals surface area contributed by atoms with E-state index in [1.54, 1.807) is 26.0 Å². The van der Waals surface area contributed by atoms with Gasteiger partial charge in [0.2, 0.25) is 0 Å². The minimum atomic E-state index is -0.834. The average molecular weight is 266 g/mol. The highest BCUT2D eigenvalue weighted by Crippen LogP contribution is 2.20. The smallest absolute Gasteiger partial charge is 0.356 e. The number of hydrogen-bond acceptors (Lipinski definition) is 5. The number of carbonyl (C=O) groups excluding carboxylic acids is 1. The second-order valence-corrected chi connectivity index (χ2v) is 4.79. The molecule has 0 saturated carbocycles. The molecule has 6 heteroatoms. The number of carbonyl (C=O) groups is 2. The molecule has 0 fully saturated rings. The van der Waals surface area contributed by atoms with Gasteiger partial charge in [0.05, 0.1) is 12.5 Å². The minimum Gasteiger partial charge on any atom is -0.481 e. The molecule has 0 aliphatic rings. The molecule has 0 bridgehead atoms. The standard InChI is InChI=1S/C13H18N2O4/c1-13(2,12(17)18)5-7-14-9-4-6-15-10(8-9)11(16)19-3/h4,6,8H,5,7H2,1-3H3,(H,14,15)(H,17,18). The Balaban J connectivity index is 2.59. The van der Waals surface area contributed by atoms with E-state index in [0.717, 1.165) is 0 Å². The molecule has 1 aromatic rings. The number of ether oxygens (including phenoxy) is 1. The molecule has 0 aliphatic carbocycles. The van der Waals surface area contributed by atoms with Gasteiger partial charge in [-0.05, 0) is 32.4 Å². The van der Waals surface area contributed by atoms with Gasteiger partial charge in [-0.25, -0.2) is 9.78 Å². The van der Waals surface area contributed by atoms with Crippen molar-refractivity contribution in [1.82, 2.24) is 4.98 Å². The van der Waals surface area contributed by atoms with Crippen LogP contribution in [0.1, 0.15) is 30.8 Å². The van der Waals surface area contributed by atoms with E-state index < -0.39 is 17.4 Å². The first-order valence-electron chi connectivity index (χ1n) is 5.88. The Morgan fingerprint density at radius 3 is 2.74 bits per heavy atom. The van der Waals surface area contributed by atoms with Crippen LogP contribution < -0.4 is 5.32 Å². The van der Waals surface area contributed by atoms with Crippen molar-refractivity contribution in [3.8, 4) is 0 Å². The Hall–Kier alpha value is -2.11. The molecule has 0 atom stereocenters. The lowest BCUT2D eigenvalue weighted by Gasteiger charge is -2.19. The summed E-state index contributed by atoms with van der Waals surface area (Å²) in [7, 11) is 1.29. The lowest BCUT2D eigenvalue weighted by Crippen LogP contribution is -2.26. The fourth-order valence-corrected chi connectivity index (χ4v) is 1.38. The topological polar surface area (TPSA) is 88.5 Å². The number of methoxy groups -OCH3 is 1. The summed E-state index contributed by atoms with van der Waals surface area (Å²) in [6, 6.07) is 3.28. The highest BCUT2D eigenvalue weighted by atomic mass is 16.5. The normalized spacial score (nSPS) is 10.9. The zero-order valence-corrected chi connectivity index (χ0v) is 11.3. The van der Waals surface area contributed by atoms with E-state index in [0.29, 0.717) is 18.7 Å². The molecular formula is C13H18N2O4. The molecule has 1 rings (SSSR count). The number of hydrogen-bond donors (Lipinski definition) is 2. The van der Waals surface area contributed by atoms with Crippen molar-refractivity contribution < 1.29 is 19.4 Å². The van der Waals surface area contributed by atoms with Crippen LogP contribution in [0.5, 0.6) is 0 Å². The van der Waals surface area contributed by atoms with Crippen LogP contribution in [0.3, 0.4) is 0 Å². The Kier molecular flexibility index (Phi) is 4.86. The Morgan fingerprint density at radius 2 is 2.16 bits per heavy atom. The first-order valence-corrected chi connectivity index (χ1v) is 5.88. The molecule has 0 unspecified atom stereocenters. The van der Waals surface area contributed by atoms with E-state index in [-0.39, 0.29) is 5.69 Å². The van der Waals surface area contributed by atoms with Gasteiger partial charge < -0.3 is 15.2 Å². The molecule has 0 radical (unpaired) electrons. The molecule has 0 amide bonds. The van der Waals surface area contributed by atoms with Gasteiger partial charge in [-0.15, -0.1) is 0 Å². The maximum atomic E-state index is 11.3. The van der Waals surface area contributed by atoms with Gasteiger partial charge in [-0.2, -0.15) is 0 Å². The molecule has 0 aliphatic heterocycles. The van der Waals surface area contributed by atoms with Crippen molar-refractivity contribution >= 4 is 17.6 Å². The molecule has 2 N–H and O–H groups in total. The highest BCUT2D eigenvalue weighted by molar-refractivity contribution is 5.88. The number of pyridine rings is 1. The fraction of sp³-hybridized carbons (Fsp3) is 0.462. The molecule has 6 nitrogen and oxygen atoms in total. The van der Waals surface area contributed by atoms with Crippen LogP contribution in [0.2, 0.25) is 0 Å². The van der Waals surface area contributed by atoms with Gasteiger partial charge in [0.25, 0.3) is 0 Å². The summed E-state index contributed by atoms with van der Waals surface area (Å²) in [4.78, 5) is 26.1. The number of esters is 1. The van der Waals surface area contributed by atoms with Crippen LogP contribution in [0.4, 0.5) is 5.69 Å². The summed E-state index contributed by atoms with van der Waals surface area (Å²) in [5, 5.41) is 12.1. The lowest BCUT2D eigenvalue weighted by atomic mass is 9.90. The van der Waals surface area contributed by atoms with Crippen molar-refractivity contribution in [3.05, 3.63) is 24.0 Å². The first kappa shape index (κ1) is 14.9. The first-order chi connectivity index (χ1) is 8.86. The van der Waals surface area contributed by atoms with Crippen molar-refractivity contribution in [2.45, 2.75) is 20.3 Å². The van der Waals surface area contributed by atoms with Crippen LogP contribution >= 0.6 is 0 Å². The van der Waals surface area contributed by atoms with Crippen LogP contribution in [0, 0.1) is 5.41 Å². The number of aliphatic carboxylic acids is 1. The number of nitrogens with one attached hydrogen (secondary N) is 1. The van der Waals surface area contributed by atoms with Gasteiger partial charge in [-0.3, -0.25) is 4.79 Å². The maximum Gasteiger partial charge on any atom is 0.356 e. The third-order valence-electron chi connectivity index (χ3n) is 2.81. The third kappa shape index (κ3) is 4.24. The Morgan fingerprint density at radius 1 is 1.47 bits per heavy atom. The predicted molar refractivity (Wildman–Crippen MR) is 70.1 cm³/mol. The molecule has 0 spiro atoms. The molecular weight excluding hydrogens is 248 g/mol. The molecule has 0 saturated heterocycles. The van der Waals surface area contributed by atoms with Gasteiger partial charge >= 0.3 is 11.9 Å². The minimum absolute atomic E-state index is 0.213. The number of nitrogens with zero attached hydrogens (tertiary/aromatic N) is 1. The second kappa shape index (κ2) is 6.17. The predicted octanol–water partition coefficient (Wildman–Crippen LogP) is 1.78. The van der Waals surface area contributed by atoms with E-state index in [9.17, 15) is 9.59 Å². The van der Waals surface area contributed by atoms with Crippen LogP contribution in [0.15, 0.2) is 18.3 Å². The summed E-state index contributed by atoms with van der Waals surface area (Å²) in [6.07, 6.45) is 1.97. The van der Waals surface area contributed by atoms with E-state index >= 15 is 0 Å². The van der Waals surface area contributed by atoms with E-state index in [1.807, 2.05) is 0 Å². The number of anilines is 1. The monoisotopic (exact) mass is 266 g/mol. The zero-order valence-electron chi connectivity index (χ0n) is 11.3. The fourth-order valence-electron chi connectivity index (χ4n) is 1.38. The van der Waals surface area contributed by atoms with Crippen molar-refractivity contribution in [2.24, 2.45) is 5.41 Å². The van der Waals surface area contributed by atoms with Gasteiger partial charge in [-0.1, -0.05) is 0 Å². The summed E-state index contributed by atoms with van der Waals surface area (Å²) in [5.74, 6) is -1.34. The number of carboxylic acid groups (broad SMARTS) is 1. The van der Waals surface area contributed by atoms with Crippen LogP contribution in [-0.4, -0.2) is 35.7 Å². The molecule has 0 aromatic carbocycles. The van der Waals surface area contributed by atoms with E-state index in [4.69, 9.17) is 5.11 Å². The Labute approximate surface area is 111 Å². The Bertz CT molecular complexity index is 471. The highest BCUT2D eigenvalue weighted by Gasteiger charge is 2.26. The number of aromatic nitrogens is 1. The number of carboxylic acids is 1. The van der Waals surface area contributed by atoms with E-state index in [2.05, 4.69) is 15.0 Å². The third-order valence-corrected chi connectivity index (χ3v) is 2.81. The molecule has 19 heavy (non-hydrogen) atoms. The SMILES string of the molecule is COC(=O)c1cc(NCCC(C)(C)C(=O)O)ccn1. The maximum absolute atomic E-state index is 11.3. The zero-order chi connectivity index (χ0) is 14.5. The quantitative estimate of drug-likeness (QED) is 0.763. The summed E-state index contributed by atoms with van der Waals surface area (Å²) in [5.41, 5.74) is 0.132. The molecule has 1 aromatic heterocycles. The largest absolute Gasteiger partial charge is 0.481 e. The lowest BCUT2D eigenvalue weighted by molar-refractivity contribution is -0.147. The number of rotatable bonds is 6. The van der Waals surface area contributed by atoms with Crippen LogP contribution in [0.25, 0.3) is 0 Å². The van der Waals surface area contributed by atoms with Crippen LogP contribution in [-0.2, 0) is 9.53 Å².